The Bertz CT molecular complexity index is 932. The molecule has 1 aliphatic rings. The maximum absolute atomic E-state index is 13.0. The molecule has 150 valence electrons. The molecule has 5 nitrogen and oxygen atoms in total. The fraction of sp³-hybridized carbons (Fsp3) is 0.348. The standard InChI is InChI=1S/C23H24FN3O2/c24-19-10-6-18(7-11-19)23-26-22(29-27-23)15-14-21(28)25-20-12-8-17(9-13-20)16-4-2-1-3-5-16/h1-7,10-11,17,20H,8-9,12-15H2,(H,25,28). The third-order valence-electron chi connectivity index (χ3n) is 5.50. The third-order valence-corrected chi connectivity index (χ3v) is 5.50. The number of amides is 1. The predicted molar refractivity (Wildman–Crippen MR) is 108 cm³/mol. The van der Waals surface area contributed by atoms with Gasteiger partial charge in [-0.25, -0.2) is 4.39 Å². The van der Waals surface area contributed by atoms with E-state index in [0.29, 0.717) is 36.0 Å². The second-order valence-corrected chi connectivity index (χ2v) is 7.55. The Morgan fingerprint density at radius 2 is 1.76 bits per heavy atom. The molecule has 1 aromatic heterocycles. The quantitative estimate of drug-likeness (QED) is 0.662. The Morgan fingerprint density at radius 1 is 1.03 bits per heavy atom. The zero-order valence-corrected chi connectivity index (χ0v) is 16.2. The maximum Gasteiger partial charge on any atom is 0.227 e. The molecule has 29 heavy (non-hydrogen) atoms. The van der Waals surface area contributed by atoms with Crippen molar-refractivity contribution < 1.29 is 13.7 Å². The second kappa shape index (κ2) is 8.99. The van der Waals surface area contributed by atoms with Crippen molar-refractivity contribution in [1.29, 1.82) is 0 Å². The van der Waals surface area contributed by atoms with E-state index in [2.05, 4.69) is 39.7 Å². The van der Waals surface area contributed by atoms with Crippen LogP contribution in [0.25, 0.3) is 11.4 Å². The average molecular weight is 393 g/mol. The lowest BCUT2D eigenvalue weighted by Crippen LogP contribution is -2.37. The number of benzene rings is 2. The molecule has 0 saturated heterocycles. The van der Waals surface area contributed by atoms with Crippen molar-refractivity contribution in [2.75, 3.05) is 0 Å². The van der Waals surface area contributed by atoms with Gasteiger partial charge in [-0.2, -0.15) is 4.98 Å². The van der Waals surface area contributed by atoms with Crippen molar-refractivity contribution in [3.8, 4) is 11.4 Å². The van der Waals surface area contributed by atoms with Crippen LogP contribution in [0, 0.1) is 5.82 Å². The number of rotatable bonds is 6. The fourth-order valence-electron chi connectivity index (χ4n) is 3.89. The zero-order valence-electron chi connectivity index (χ0n) is 16.2. The molecule has 1 heterocycles. The average Bonchev–Trinajstić information content (AvgIpc) is 3.23. The number of aryl methyl sites for hydroxylation is 1. The fourth-order valence-corrected chi connectivity index (χ4v) is 3.89. The number of carbonyl (C=O) groups is 1. The normalized spacial score (nSPS) is 19.1. The van der Waals surface area contributed by atoms with Crippen LogP contribution in [-0.4, -0.2) is 22.1 Å². The highest BCUT2D eigenvalue weighted by Gasteiger charge is 2.23. The van der Waals surface area contributed by atoms with Crippen LogP contribution in [0.5, 0.6) is 0 Å². The summed E-state index contributed by atoms with van der Waals surface area (Å²) in [5.74, 6) is 1.10. The molecule has 1 aliphatic carbocycles. The Morgan fingerprint density at radius 3 is 2.48 bits per heavy atom. The highest BCUT2D eigenvalue weighted by Crippen LogP contribution is 2.32. The number of aromatic nitrogens is 2. The molecule has 0 radical (unpaired) electrons. The van der Waals surface area contributed by atoms with Crippen LogP contribution in [0.4, 0.5) is 4.39 Å². The summed E-state index contributed by atoms with van der Waals surface area (Å²) < 4.78 is 18.2. The van der Waals surface area contributed by atoms with Crippen LogP contribution < -0.4 is 5.32 Å². The van der Waals surface area contributed by atoms with E-state index in [1.807, 2.05) is 6.07 Å². The Hall–Kier alpha value is -3.02. The predicted octanol–water partition coefficient (Wildman–Crippen LogP) is 4.65. The minimum Gasteiger partial charge on any atom is -0.353 e. The molecule has 1 N–H and O–H groups in total. The van der Waals surface area contributed by atoms with Gasteiger partial charge in [0, 0.05) is 24.4 Å². The van der Waals surface area contributed by atoms with Gasteiger partial charge in [0.15, 0.2) is 0 Å². The van der Waals surface area contributed by atoms with E-state index in [9.17, 15) is 9.18 Å². The SMILES string of the molecule is O=C(CCc1nc(-c2ccc(F)cc2)no1)NC1CCC(c2ccccc2)CC1. The molecule has 0 atom stereocenters. The zero-order chi connectivity index (χ0) is 20.1. The molecule has 1 amide bonds. The lowest BCUT2D eigenvalue weighted by atomic mass is 9.82. The number of hydrogen-bond donors (Lipinski definition) is 1. The van der Waals surface area contributed by atoms with Gasteiger partial charge in [-0.3, -0.25) is 4.79 Å². The molecule has 0 spiro atoms. The molecule has 2 aromatic carbocycles. The van der Waals surface area contributed by atoms with E-state index < -0.39 is 0 Å². The monoisotopic (exact) mass is 393 g/mol. The summed E-state index contributed by atoms with van der Waals surface area (Å²) in [6.07, 6.45) is 4.89. The van der Waals surface area contributed by atoms with Gasteiger partial charge in [-0.05, 0) is 61.4 Å². The maximum atomic E-state index is 13.0. The molecule has 3 aromatic rings. The second-order valence-electron chi connectivity index (χ2n) is 7.55. The lowest BCUT2D eigenvalue weighted by Gasteiger charge is -2.29. The van der Waals surface area contributed by atoms with E-state index in [0.717, 1.165) is 25.7 Å². The van der Waals surface area contributed by atoms with Gasteiger partial charge in [-0.15, -0.1) is 0 Å². The first-order valence-corrected chi connectivity index (χ1v) is 10.1. The highest BCUT2D eigenvalue weighted by atomic mass is 19.1. The van der Waals surface area contributed by atoms with E-state index in [1.54, 1.807) is 12.1 Å². The summed E-state index contributed by atoms with van der Waals surface area (Å²) in [6.45, 7) is 0. The summed E-state index contributed by atoms with van der Waals surface area (Å²) in [7, 11) is 0. The molecule has 6 heteroatoms. The molecule has 0 unspecified atom stereocenters. The van der Waals surface area contributed by atoms with Crippen LogP contribution in [0.15, 0.2) is 59.1 Å². The molecule has 4 rings (SSSR count). The van der Waals surface area contributed by atoms with Crippen molar-refractivity contribution in [3.63, 3.8) is 0 Å². The number of hydrogen-bond acceptors (Lipinski definition) is 4. The summed E-state index contributed by atoms with van der Waals surface area (Å²) in [5, 5.41) is 7.04. The molecular weight excluding hydrogens is 369 g/mol. The topological polar surface area (TPSA) is 68.0 Å². The molecule has 1 saturated carbocycles. The number of nitrogens with zero attached hydrogens (tertiary/aromatic N) is 2. The molecule has 0 aliphatic heterocycles. The van der Waals surface area contributed by atoms with Crippen molar-refractivity contribution in [3.05, 3.63) is 71.9 Å². The van der Waals surface area contributed by atoms with Crippen molar-refractivity contribution in [2.24, 2.45) is 0 Å². The first kappa shape index (κ1) is 19.3. The van der Waals surface area contributed by atoms with Crippen molar-refractivity contribution >= 4 is 5.91 Å². The molecule has 1 fully saturated rings. The van der Waals surface area contributed by atoms with Crippen LogP contribution in [0.3, 0.4) is 0 Å². The number of halogens is 1. The van der Waals surface area contributed by atoms with Crippen LogP contribution in [0.2, 0.25) is 0 Å². The summed E-state index contributed by atoms with van der Waals surface area (Å²) >= 11 is 0. The Kier molecular flexibility index (Phi) is 5.98. The molecule has 0 bridgehead atoms. The van der Waals surface area contributed by atoms with Crippen LogP contribution in [-0.2, 0) is 11.2 Å². The van der Waals surface area contributed by atoms with Gasteiger partial charge in [0.2, 0.25) is 17.6 Å². The van der Waals surface area contributed by atoms with Crippen molar-refractivity contribution in [1.82, 2.24) is 15.5 Å². The Labute approximate surface area is 169 Å². The lowest BCUT2D eigenvalue weighted by molar-refractivity contribution is -0.122. The first-order valence-electron chi connectivity index (χ1n) is 10.1. The van der Waals surface area contributed by atoms with Gasteiger partial charge < -0.3 is 9.84 Å². The van der Waals surface area contributed by atoms with Gasteiger partial charge in [0.05, 0.1) is 0 Å². The van der Waals surface area contributed by atoms with E-state index >= 15 is 0 Å². The van der Waals surface area contributed by atoms with E-state index in [-0.39, 0.29) is 17.8 Å². The van der Waals surface area contributed by atoms with Gasteiger partial charge in [0.1, 0.15) is 5.82 Å². The van der Waals surface area contributed by atoms with Gasteiger partial charge in [-0.1, -0.05) is 35.5 Å². The molecular formula is C23H24FN3O2. The van der Waals surface area contributed by atoms with Crippen LogP contribution in [0.1, 0.15) is 49.5 Å². The smallest absolute Gasteiger partial charge is 0.227 e. The first-order chi connectivity index (χ1) is 14.2. The summed E-state index contributed by atoms with van der Waals surface area (Å²) in [4.78, 5) is 16.6. The van der Waals surface area contributed by atoms with E-state index in [4.69, 9.17) is 4.52 Å². The third kappa shape index (κ3) is 5.08. The minimum absolute atomic E-state index is 0.00898. The number of carbonyl (C=O) groups excluding carboxylic acids is 1. The van der Waals surface area contributed by atoms with E-state index in [1.165, 1.54) is 17.7 Å². The summed E-state index contributed by atoms with van der Waals surface area (Å²) in [6, 6.07) is 16.7. The highest BCUT2D eigenvalue weighted by molar-refractivity contribution is 5.76. The van der Waals surface area contributed by atoms with Gasteiger partial charge >= 0.3 is 0 Å². The minimum atomic E-state index is -0.313. The summed E-state index contributed by atoms with van der Waals surface area (Å²) in [5.41, 5.74) is 2.08. The van der Waals surface area contributed by atoms with Crippen LogP contribution >= 0.6 is 0 Å². The van der Waals surface area contributed by atoms with Gasteiger partial charge in [0.25, 0.3) is 0 Å². The van der Waals surface area contributed by atoms with Crippen molar-refractivity contribution in [2.45, 2.75) is 50.5 Å². The number of nitrogens with one attached hydrogen (secondary N) is 1. The largest absolute Gasteiger partial charge is 0.353 e. The Balaban J connectivity index is 1.22.